The van der Waals surface area contributed by atoms with Gasteiger partial charge in [0.05, 0.1) is 0 Å². The average molecular weight is 354 g/mol. The van der Waals surface area contributed by atoms with Crippen LogP contribution >= 0.6 is 0 Å². The number of primary amides is 1. The van der Waals surface area contributed by atoms with Crippen molar-refractivity contribution in [2.45, 2.75) is 39.3 Å². The quantitative estimate of drug-likeness (QED) is 0.752. The highest BCUT2D eigenvalue weighted by Gasteiger charge is 2.22. The van der Waals surface area contributed by atoms with Crippen LogP contribution in [0.5, 0.6) is 5.75 Å². The molecule has 0 bridgehead atoms. The van der Waals surface area contributed by atoms with Crippen LogP contribution in [-0.2, 0) is 22.6 Å². The van der Waals surface area contributed by atoms with E-state index in [4.69, 9.17) is 10.5 Å². The van der Waals surface area contributed by atoms with E-state index in [0.29, 0.717) is 12.3 Å². The molecule has 1 atom stereocenters. The summed E-state index contributed by atoms with van der Waals surface area (Å²) in [5.41, 5.74) is 7.46. The van der Waals surface area contributed by atoms with Gasteiger partial charge >= 0.3 is 0 Å². The molecule has 0 spiro atoms. The van der Waals surface area contributed by atoms with Crippen LogP contribution in [0.1, 0.15) is 31.4 Å². The zero-order valence-corrected chi connectivity index (χ0v) is 15.4. The molecule has 0 saturated heterocycles. The fourth-order valence-corrected chi connectivity index (χ4v) is 2.63. The number of nitrogens with two attached hydrogens (primary N) is 1. The summed E-state index contributed by atoms with van der Waals surface area (Å²) in [4.78, 5) is 25.6. The van der Waals surface area contributed by atoms with Crippen LogP contribution in [0, 0.1) is 0 Å². The Morgan fingerprint density at radius 3 is 2.27 bits per heavy atom. The summed E-state index contributed by atoms with van der Waals surface area (Å²) in [6, 6.07) is 17.4. The van der Waals surface area contributed by atoms with Gasteiger partial charge in [-0.15, -0.1) is 0 Å². The topological polar surface area (TPSA) is 72.6 Å². The van der Waals surface area contributed by atoms with Crippen LogP contribution in [-0.4, -0.2) is 29.4 Å². The molecule has 0 aliphatic carbocycles. The van der Waals surface area contributed by atoms with Crippen molar-refractivity contribution < 1.29 is 14.3 Å². The lowest BCUT2D eigenvalue weighted by atomic mass is 10.1. The van der Waals surface area contributed by atoms with E-state index in [2.05, 4.69) is 6.92 Å². The Balaban J connectivity index is 2.05. The first-order valence-corrected chi connectivity index (χ1v) is 8.86. The first-order chi connectivity index (χ1) is 12.5. The number of ether oxygens (including phenoxy) is 1. The smallest absolute Gasteiger partial charge is 0.263 e. The van der Waals surface area contributed by atoms with Crippen molar-refractivity contribution in [3.8, 4) is 5.75 Å². The van der Waals surface area contributed by atoms with Crippen LogP contribution in [0.2, 0.25) is 0 Å². The maximum atomic E-state index is 12.8. The summed E-state index contributed by atoms with van der Waals surface area (Å²) in [6.07, 6.45) is 0.419. The van der Waals surface area contributed by atoms with Gasteiger partial charge in [0.2, 0.25) is 5.91 Å². The summed E-state index contributed by atoms with van der Waals surface area (Å²) in [6.45, 7) is 4.49. The molecular formula is C21H26N2O3. The van der Waals surface area contributed by atoms with E-state index in [0.717, 1.165) is 12.0 Å². The number of carbonyl (C=O) groups is 2. The fourth-order valence-electron chi connectivity index (χ4n) is 2.63. The maximum absolute atomic E-state index is 12.8. The first kappa shape index (κ1) is 19.5. The molecule has 2 rings (SSSR count). The van der Waals surface area contributed by atoms with Crippen molar-refractivity contribution in [3.63, 3.8) is 0 Å². The molecule has 2 N–H and O–H groups in total. The van der Waals surface area contributed by atoms with Gasteiger partial charge in [0.25, 0.3) is 5.91 Å². The summed E-state index contributed by atoms with van der Waals surface area (Å²) in [5, 5.41) is 0. The number of amides is 2. The summed E-state index contributed by atoms with van der Waals surface area (Å²) >= 11 is 0. The summed E-state index contributed by atoms with van der Waals surface area (Å²) < 4.78 is 5.79. The van der Waals surface area contributed by atoms with Crippen molar-refractivity contribution in [3.05, 3.63) is 65.7 Å². The standard InChI is InChI=1S/C21H26N2O3/c1-3-17-9-11-19(12-10-17)26-16(2)21(25)23(14-13-20(22)24)15-18-7-5-4-6-8-18/h4-12,16H,3,13-15H2,1-2H3,(H2,22,24). The maximum Gasteiger partial charge on any atom is 0.263 e. The van der Waals surface area contributed by atoms with E-state index in [-0.39, 0.29) is 18.9 Å². The van der Waals surface area contributed by atoms with Gasteiger partial charge in [0.15, 0.2) is 6.10 Å². The highest BCUT2D eigenvalue weighted by atomic mass is 16.5. The summed E-state index contributed by atoms with van der Waals surface area (Å²) in [5.74, 6) is 0.0480. The molecular weight excluding hydrogens is 328 g/mol. The highest BCUT2D eigenvalue weighted by Crippen LogP contribution is 2.16. The predicted molar refractivity (Wildman–Crippen MR) is 102 cm³/mol. The van der Waals surface area contributed by atoms with Gasteiger partial charge in [-0.1, -0.05) is 49.4 Å². The third kappa shape index (κ3) is 5.92. The predicted octanol–water partition coefficient (Wildman–Crippen LogP) is 2.92. The number of hydrogen-bond acceptors (Lipinski definition) is 3. The fraction of sp³-hybridized carbons (Fsp3) is 0.333. The van der Waals surface area contributed by atoms with Crippen LogP contribution in [0.4, 0.5) is 0 Å². The Morgan fingerprint density at radius 2 is 1.69 bits per heavy atom. The van der Waals surface area contributed by atoms with Gasteiger partial charge in [-0.05, 0) is 36.6 Å². The molecule has 0 heterocycles. The molecule has 138 valence electrons. The minimum atomic E-state index is -0.654. The third-order valence-electron chi connectivity index (χ3n) is 4.15. The Labute approximate surface area is 154 Å². The molecule has 1 unspecified atom stereocenters. The average Bonchev–Trinajstić information content (AvgIpc) is 2.65. The minimum absolute atomic E-state index is 0.122. The first-order valence-electron chi connectivity index (χ1n) is 8.86. The normalized spacial score (nSPS) is 11.6. The van der Waals surface area contributed by atoms with Gasteiger partial charge in [0, 0.05) is 19.5 Å². The van der Waals surface area contributed by atoms with Crippen LogP contribution < -0.4 is 10.5 Å². The van der Waals surface area contributed by atoms with E-state index in [1.807, 2.05) is 54.6 Å². The van der Waals surface area contributed by atoms with E-state index >= 15 is 0 Å². The van der Waals surface area contributed by atoms with Gasteiger partial charge < -0.3 is 15.4 Å². The van der Waals surface area contributed by atoms with Crippen molar-refractivity contribution >= 4 is 11.8 Å². The molecule has 0 fully saturated rings. The lowest BCUT2D eigenvalue weighted by molar-refractivity contribution is -0.139. The van der Waals surface area contributed by atoms with E-state index in [9.17, 15) is 9.59 Å². The Hall–Kier alpha value is -2.82. The highest BCUT2D eigenvalue weighted by molar-refractivity contribution is 5.82. The third-order valence-corrected chi connectivity index (χ3v) is 4.15. The van der Waals surface area contributed by atoms with Crippen molar-refractivity contribution in [1.29, 1.82) is 0 Å². The van der Waals surface area contributed by atoms with E-state index < -0.39 is 12.0 Å². The lowest BCUT2D eigenvalue weighted by Crippen LogP contribution is -2.41. The molecule has 0 radical (unpaired) electrons. The molecule has 2 aromatic carbocycles. The second kappa shape index (κ2) is 9.61. The lowest BCUT2D eigenvalue weighted by Gasteiger charge is -2.26. The number of carbonyl (C=O) groups excluding carboxylic acids is 2. The van der Waals surface area contributed by atoms with Crippen molar-refractivity contribution in [1.82, 2.24) is 4.90 Å². The monoisotopic (exact) mass is 354 g/mol. The minimum Gasteiger partial charge on any atom is -0.481 e. The largest absolute Gasteiger partial charge is 0.481 e. The van der Waals surface area contributed by atoms with Crippen molar-refractivity contribution in [2.75, 3.05) is 6.54 Å². The van der Waals surface area contributed by atoms with Gasteiger partial charge in [-0.2, -0.15) is 0 Å². The number of aryl methyl sites for hydroxylation is 1. The zero-order chi connectivity index (χ0) is 18.9. The SMILES string of the molecule is CCc1ccc(OC(C)C(=O)N(CCC(N)=O)Cc2ccccc2)cc1. The number of rotatable bonds is 9. The summed E-state index contributed by atoms with van der Waals surface area (Å²) in [7, 11) is 0. The molecule has 0 saturated carbocycles. The molecule has 0 aromatic heterocycles. The Bertz CT molecular complexity index is 714. The zero-order valence-electron chi connectivity index (χ0n) is 15.4. The molecule has 26 heavy (non-hydrogen) atoms. The molecule has 0 aliphatic heterocycles. The van der Waals surface area contributed by atoms with Gasteiger partial charge in [-0.3, -0.25) is 9.59 Å². The van der Waals surface area contributed by atoms with E-state index in [1.165, 1.54) is 5.56 Å². The number of benzene rings is 2. The number of nitrogens with zero attached hydrogens (tertiary/aromatic N) is 1. The Morgan fingerprint density at radius 1 is 1.04 bits per heavy atom. The van der Waals surface area contributed by atoms with E-state index in [1.54, 1.807) is 11.8 Å². The van der Waals surface area contributed by atoms with Crippen molar-refractivity contribution in [2.24, 2.45) is 5.73 Å². The molecule has 2 amide bonds. The number of hydrogen-bond donors (Lipinski definition) is 1. The Kier molecular flexibility index (Phi) is 7.21. The molecule has 0 aliphatic rings. The van der Waals surface area contributed by atoms with Crippen LogP contribution in [0.25, 0.3) is 0 Å². The van der Waals surface area contributed by atoms with Gasteiger partial charge in [0.1, 0.15) is 5.75 Å². The second-order valence-electron chi connectivity index (χ2n) is 6.22. The van der Waals surface area contributed by atoms with Crippen LogP contribution in [0.15, 0.2) is 54.6 Å². The molecule has 5 heteroatoms. The van der Waals surface area contributed by atoms with Gasteiger partial charge in [-0.25, -0.2) is 0 Å². The second-order valence-corrected chi connectivity index (χ2v) is 6.22. The molecule has 5 nitrogen and oxygen atoms in total. The van der Waals surface area contributed by atoms with Crippen LogP contribution in [0.3, 0.4) is 0 Å². The molecule has 2 aromatic rings.